The van der Waals surface area contributed by atoms with E-state index in [4.69, 9.17) is 14.5 Å². The first kappa shape index (κ1) is 23.6. The van der Waals surface area contributed by atoms with E-state index in [9.17, 15) is 9.59 Å². The Hall–Kier alpha value is -3.59. The molecule has 3 aromatic rings. The molecule has 1 aromatic heterocycles. The maximum absolute atomic E-state index is 13.0. The van der Waals surface area contributed by atoms with Gasteiger partial charge in [-0.3, -0.25) is 14.6 Å². The van der Waals surface area contributed by atoms with Gasteiger partial charge in [0.1, 0.15) is 0 Å². The van der Waals surface area contributed by atoms with E-state index in [1.807, 2.05) is 20.0 Å². The van der Waals surface area contributed by atoms with Crippen LogP contribution in [0.5, 0.6) is 11.5 Å². The van der Waals surface area contributed by atoms with E-state index in [-0.39, 0.29) is 11.5 Å². The summed E-state index contributed by atoms with van der Waals surface area (Å²) < 4.78 is 10.9. The van der Waals surface area contributed by atoms with Crippen LogP contribution in [0, 0.1) is 6.92 Å². The molecule has 0 fully saturated rings. The minimum atomic E-state index is -0.206. The molecule has 2 aromatic carbocycles. The number of nitrogens with one attached hydrogen (secondary N) is 2. The van der Waals surface area contributed by atoms with Crippen LogP contribution in [-0.2, 0) is 24.3 Å². The summed E-state index contributed by atoms with van der Waals surface area (Å²) in [6.07, 6.45) is 0.798. The van der Waals surface area contributed by atoms with Crippen molar-refractivity contribution in [1.82, 2.24) is 20.2 Å². The number of hydrogen-bond acceptors (Lipinski definition) is 7. The zero-order chi connectivity index (χ0) is 24.4. The Bertz CT molecular complexity index is 1290. The molecule has 0 atom stereocenters. The number of nitrogens with zero attached hydrogens (tertiary/aromatic N) is 3. The Morgan fingerprint density at radius 3 is 2.79 bits per heavy atom. The molecule has 1 aliphatic rings. The van der Waals surface area contributed by atoms with Gasteiger partial charge >= 0.3 is 0 Å². The molecule has 180 valence electrons. The maximum atomic E-state index is 13.0. The topological polar surface area (TPSA) is 99.8 Å². The number of methoxy groups -OCH3 is 2. The number of aryl methyl sites for hydroxylation is 1. The molecular formula is C25H31N5O4. The van der Waals surface area contributed by atoms with Gasteiger partial charge in [-0.1, -0.05) is 18.2 Å². The smallest absolute Gasteiger partial charge is 0.260 e. The monoisotopic (exact) mass is 465 g/mol. The Labute approximate surface area is 198 Å². The lowest BCUT2D eigenvalue weighted by Crippen LogP contribution is -2.36. The van der Waals surface area contributed by atoms with E-state index in [2.05, 4.69) is 27.3 Å². The number of carbonyl (C=O) groups is 1. The molecule has 4 rings (SSSR count). The highest BCUT2D eigenvalue weighted by molar-refractivity contribution is 5.87. The molecule has 9 nitrogen and oxygen atoms in total. The average Bonchev–Trinajstić information content (AvgIpc) is 2.83. The fraction of sp³-hybridized carbons (Fsp3) is 0.400. The number of likely N-dealkylation sites (N-methyl/N-ethyl adjacent to an activating group) is 2. The molecule has 0 unspecified atom stereocenters. The van der Waals surface area contributed by atoms with Crippen LogP contribution >= 0.6 is 0 Å². The Morgan fingerprint density at radius 2 is 2.09 bits per heavy atom. The molecule has 0 bridgehead atoms. The van der Waals surface area contributed by atoms with Crippen molar-refractivity contribution in [3.63, 3.8) is 0 Å². The Morgan fingerprint density at radius 1 is 1.29 bits per heavy atom. The van der Waals surface area contributed by atoms with Gasteiger partial charge in [0, 0.05) is 38.3 Å². The van der Waals surface area contributed by atoms with Gasteiger partial charge in [0.15, 0.2) is 11.5 Å². The van der Waals surface area contributed by atoms with Crippen molar-refractivity contribution in [3.8, 4) is 11.5 Å². The lowest BCUT2D eigenvalue weighted by atomic mass is 9.94. The van der Waals surface area contributed by atoms with E-state index in [1.54, 1.807) is 32.2 Å². The summed E-state index contributed by atoms with van der Waals surface area (Å²) in [6.45, 7) is 4.04. The summed E-state index contributed by atoms with van der Waals surface area (Å²) in [6, 6.07) is 7.94. The average molecular weight is 466 g/mol. The summed E-state index contributed by atoms with van der Waals surface area (Å²) in [4.78, 5) is 36.8. The van der Waals surface area contributed by atoms with Crippen LogP contribution in [0.1, 0.15) is 22.3 Å². The van der Waals surface area contributed by atoms with E-state index >= 15 is 0 Å². The third kappa shape index (κ3) is 4.31. The van der Waals surface area contributed by atoms with Crippen LogP contribution in [0.2, 0.25) is 0 Å². The summed E-state index contributed by atoms with van der Waals surface area (Å²) in [5.41, 5.74) is 4.64. The fourth-order valence-corrected chi connectivity index (χ4v) is 4.64. The molecule has 34 heavy (non-hydrogen) atoms. The molecule has 2 N–H and O–H groups in total. The standard InChI is InChI=1S/C25H31N5O4/c1-15-22-19(11-20(33-4)23(15)34-5)27-25(28-24(22)32)30-10-9-18-16(7-6-8-17(18)14-30)13-29(3)21(31)12-26-2/h6-8,11,26H,9-10,12-14H2,1-5H3,(H,27,28,32). The summed E-state index contributed by atoms with van der Waals surface area (Å²) >= 11 is 0. The van der Waals surface area contributed by atoms with Crippen molar-refractivity contribution in [2.24, 2.45) is 0 Å². The number of anilines is 1. The zero-order valence-electron chi connectivity index (χ0n) is 20.3. The van der Waals surface area contributed by atoms with Crippen LogP contribution in [0.4, 0.5) is 5.95 Å². The highest BCUT2D eigenvalue weighted by Gasteiger charge is 2.23. The number of fused-ring (bicyclic) bond motifs is 2. The molecule has 1 aliphatic heterocycles. The first-order valence-electron chi connectivity index (χ1n) is 11.3. The predicted octanol–water partition coefficient (Wildman–Crippen LogP) is 1.99. The highest BCUT2D eigenvalue weighted by Crippen LogP contribution is 2.35. The maximum Gasteiger partial charge on any atom is 0.260 e. The number of ether oxygens (including phenoxy) is 2. The molecule has 0 saturated heterocycles. The first-order valence-corrected chi connectivity index (χ1v) is 11.3. The van der Waals surface area contributed by atoms with Crippen LogP contribution in [0.15, 0.2) is 29.1 Å². The summed E-state index contributed by atoms with van der Waals surface area (Å²) in [5.74, 6) is 1.66. The number of benzene rings is 2. The van der Waals surface area contributed by atoms with Gasteiger partial charge in [0.25, 0.3) is 5.56 Å². The second-order valence-corrected chi connectivity index (χ2v) is 8.53. The summed E-state index contributed by atoms with van der Waals surface area (Å²) in [7, 11) is 6.72. The number of hydrogen-bond donors (Lipinski definition) is 2. The van der Waals surface area contributed by atoms with Gasteiger partial charge in [0.2, 0.25) is 11.9 Å². The Kier molecular flexibility index (Phi) is 6.74. The molecule has 0 radical (unpaired) electrons. The van der Waals surface area contributed by atoms with Crippen molar-refractivity contribution in [2.45, 2.75) is 26.4 Å². The number of H-pyrrole nitrogens is 1. The van der Waals surface area contributed by atoms with E-state index in [0.717, 1.165) is 12.0 Å². The highest BCUT2D eigenvalue weighted by atomic mass is 16.5. The van der Waals surface area contributed by atoms with Crippen LogP contribution in [0.3, 0.4) is 0 Å². The van der Waals surface area contributed by atoms with E-state index in [0.29, 0.717) is 60.1 Å². The molecule has 2 heterocycles. The number of carbonyl (C=O) groups excluding carboxylic acids is 1. The van der Waals surface area contributed by atoms with Crippen LogP contribution in [-0.4, -0.2) is 62.2 Å². The van der Waals surface area contributed by atoms with Gasteiger partial charge in [-0.2, -0.15) is 0 Å². The van der Waals surface area contributed by atoms with Gasteiger partial charge in [-0.05, 0) is 37.1 Å². The van der Waals surface area contributed by atoms with Gasteiger partial charge < -0.3 is 24.6 Å². The zero-order valence-corrected chi connectivity index (χ0v) is 20.3. The molecule has 9 heteroatoms. The van der Waals surface area contributed by atoms with E-state index < -0.39 is 0 Å². The van der Waals surface area contributed by atoms with Crippen LogP contribution in [0.25, 0.3) is 10.9 Å². The molecular weight excluding hydrogens is 434 g/mol. The second-order valence-electron chi connectivity index (χ2n) is 8.53. The van der Waals surface area contributed by atoms with Crippen LogP contribution < -0.4 is 25.2 Å². The van der Waals surface area contributed by atoms with Crippen molar-refractivity contribution in [1.29, 1.82) is 0 Å². The number of rotatable bonds is 7. The van der Waals surface area contributed by atoms with Crippen molar-refractivity contribution < 1.29 is 14.3 Å². The first-order chi connectivity index (χ1) is 16.4. The van der Waals surface area contributed by atoms with Gasteiger partial charge in [0.05, 0.1) is 31.7 Å². The van der Waals surface area contributed by atoms with Crippen molar-refractivity contribution in [2.75, 3.05) is 46.3 Å². The van der Waals surface area contributed by atoms with E-state index in [1.165, 1.54) is 11.1 Å². The number of amides is 1. The molecule has 1 amide bonds. The quantitative estimate of drug-likeness (QED) is 0.550. The third-order valence-electron chi connectivity index (χ3n) is 6.39. The van der Waals surface area contributed by atoms with Gasteiger partial charge in [-0.15, -0.1) is 0 Å². The lowest BCUT2D eigenvalue weighted by Gasteiger charge is -2.31. The summed E-state index contributed by atoms with van der Waals surface area (Å²) in [5, 5.41) is 3.40. The van der Waals surface area contributed by atoms with Gasteiger partial charge in [-0.25, -0.2) is 4.98 Å². The van der Waals surface area contributed by atoms with Crippen molar-refractivity contribution in [3.05, 3.63) is 56.9 Å². The minimum absolute atomic E-state index is 0.0535. The SMILES string of the molecule is CNCC(=O)N(C)Cc1cccc2c1CCN(c1nc3cc(OC)c(OC)c(C)c3c(=O)[nH]1)C2. The number of aromatic nitrogens is 2. The largest absolute Gasteiger partial charge is 0.493 e. The predicted molar refractivity (Wildman–Crippen MR) is 132 cm³/mol. The molecule has 0 aliphatic carbocycles. The second kappa shape index (κ2) is 9.72. The normalized spacial score (nSPS) is 13.0. The molecule has 0 spiro atoms. The lowest BCUT2D eigenvalue weighted by molar-refractivity contribution is -0.129. The molecule has 0 saturated carbocycles. The fourth-order valence-electron chi connectivity index (χ4n) is 4.64. The minimum Gasteiger partial charge on any atom is -0.493 e. The van der Waals surface area contributed by atoms with Crippen molar-refractivity contribution >= 4 is 22.8 Å². The number of aromatic amines is 1. The third-order valence-corrected chi connectivity index (χ3v) is 6.39. The Balaban J connectivity index is 1.64.